The van der Waals surface area contributed by atoms with Crippen LogP contribution in [0.2, 0.25) is 0 Å². The van der Waals surface area contributed by atoms with Gasteiger partial charge in [-0.15, -0.1) is 11.3 Å². The highest BCUT2D eigenvalue weighted by Gasteiger charge is 2.19. The third-order valence-electron chi connectivity index (χ3n) is 5.22. The number of hydrogen-bond donors (Lipinski definition) is 1. The van der Waals surface area contributed by atoms with Crippen LogP contribution in [0.4, 0.5) is 0 Å². The van der Waals surface area contributed by atoms with E-state index in [4.69, 9.17) is 14.7 Å². The molecule has 0 radical (unpaired) electrons. The number of guanidine groups is 1. The first-order valence-electron chi connectivity index (χ1n) is 10.8. The summed E-state index contributed by atoms with van der Waals surface area (Å²) in [6.45, 7) is 12.8. The first-order chi connectivity index (χ1) is 14.5. The van der Waals surface area contributed by atoms with E-state index in [-0.39, 0.29) is 12.1 Å². The molecule has 6 nitrogen and oxygen atoms in total. The fraction of sp³-hybridized carbons (Fsp3) is 0.565. The molecule has 30 heavy (non-hydrogen) atoms. The summed E-state index contributed by atoms with van der Waals surface area (Å²) in [6, 6.07) is 10.9. The van der Waals surface area contributed by atoms with Crippen LogP contribution in [0.5, 0.6) is 0 Å². The smallest absolute Gasteiger partial charge is 0.194 e. The number of hydrogen-bond acceptors (Lipinski definition) is 5. The molecule has 0 bridgehead atoms. The molecule has 1 heterocycles. The van der Waals surface area contributed by atoms with E-state index in [1.54, 1.807) is 18.4 Å². The van der Waals surface area contributed by atoms with Gasteiger partial charge in [0.25, 0.3) is 0 Å². The van der Waals surface area contributed by atoms with E-state index in [1.165, 1.54) is 5.56 Å². The summed E-state index contributed by atoms with van der Waals surface area (Å²) in [5, 5.41) is 6.55. The molecule has 0 aliphatic rings. The lowest BCUT2D eigenvalue weighted by Crippen LogP contribution is -2.39. The molecule has 7 heteroatoms. The molecular weight excluding hydrogens is 394 g/mol. The zero-order valence-corrected chi connectivity index (χ0v) is 20.1. The Bertz CT molecular complexity index is 760. The first kappa shape index (κ1) is 24.3. The maximum absolute atomic E-state index is 5.38. The topological polar surface area (TPSA) is 53.0 Å². The van der Waals surface area contributed by atoms with E-state index in [2.05, 4.69) is 78.6 Å². The van der Waals surface area contributed by atoms with Gasteiger partial charge < -0.3 is 15.0 Å². The molecule has 2 atom stereocenters. The number of methoxy groups -OCH3 is 1. The van der Waals surface area contributed by atoms with Crippen LogP contribution in [0.15, 0.2) is 40.7 Å². The van der Waals surface area contributed by atoms with Gasteiger partial charge in [0.15, 0.2) is 5.96 Å². The highest BCUT2D eigenvalue weighted by molar-refractivity contribution is 7.09. The maximum atomic E-state index is 5.38. The van der Waals surface area contributed by atoms with Gasteiger partial charge in [-0.25, -0.2) is 4.98 Å². The molecule has 0 saturated carbocycles. The lowest BCUT2D eigenvalue weighted by atomic mass is 10.1. The van der Waals surface area contributed by atoms with Gasteiger partial charge in [-0.1, -0.05) is 44.2 Å². The number of aromatic nitrogens is 1. The van der Waals surface area contributed by atoms with Crippen LogP contribution in [0, 0.1) is 0 Å². The van der Waals surface area contributed by atoms with Crippen molar-refractivity contribution in [2.75, 3.05) is 40.3 Å². The van der Waals surface area contributed by atoms with Crippen LogP contribution in [-0.4, -0.2) is 61.1 Å². The van der Waals surface area contributed by atoms with Crippen molar-refractivity contribution in [2.24, 2.45) is 4.99 Å². The molecule has 2 unspecified atom stereocenters. The zero-order valence-electron chi connectivity index (χ0n) is 19.3. The number of likely N-dealkylation sites (N-methyl/N-ethyl adjacent to an activating group) is 1. The van der Waals surface area contributed by atoms with Crippen LogP contribution in [0.1, 0.15) is 56.1 Å². The van der Waals surface area contributed by atoms with Crippen molar-refractivity contribution < 1.29 is 4.74 Å². The molecule has 1 aromatic carbocycles. The minimum atomic E-state index is 0.0247. The third kappa shape index (κ3) is 6.79. The van der Waals surface area contributed by atoms with Crippen LogP contribution in [0.3, 0.4) is 0 Å². The second-order valence-corrected chi connectivity index (χ2v) is 8.14. The Hall–Kier alpha value is -1.96. The molecule has 166 valence electrons. The second-order valence-electron chi connectivity index (χ2n) is 7.25. The summed E-state index contributed by atoms with van der Waals surface area (Å²) < 4.78 is 5.38. The number of ether oxygens (including phenoxy) is 1. The van der Waals surface area contributed by atoms with Gasteiger partial charge in [0.1, 0.15) is 11.1 Å². The van der Waals surface area contributed by atoms with Gasteiger partial charge in [-0.3, -0.25) is 9.89 Å². The van der Waals surface area contributed by atoms with Crippen LogP contribution < -0.4 is 5.32 Å². The van der Waals surface area contributed by atoms with Crippen molar-refractivity contribution >= 4 is 17.3 Å². The minimum absolute atomic E-state index is 0.0247. The molecule has 0 saturated heterocycles. The second kappa shape index (κ2) is 12.7. The van der Waals surface area contributed by atoms with E-state index in [0.717, 1.165) is 36.3 Å². The summed E-state index contributed by atoms with van der Waals surface area (Å²) in [5.74, 6) is 0.903. The molecule has 0 aliphatic carbocycles. The lowest BCUT2D eigenvalue weighted by Gasteiger charge is -2.30. The maximum Gasteiger partial charge on any atom is 0.194 e. The monoisotopic (exact) mass is 431 g/mol. The van der Waals surface area contributed by atoms with Crippen molar-refractivity contribution in [3.8, 4) is 0 Å². The number of thiazole rings is 1. The van der Waals surface area contributed by atoms with Crippen LogP contribution >= 0.6 is 11.3 Å². The van der Waals surface area contributed by atoms with Crippen molar-refractivity contribution in [1.29, 1.82) is 0 Å². The van der Waals surface area contributed by atoms with Gasteiger partial charge in [-0.05, 0) is 32.5 Å². The molecule has 1 N–H and O–H groups in total. The van der Waals surface area contributed by atoms with E-state index >= 15 is 0 Å². The van der Waals surface area contributed by atoms with E-state index in [1.807, 2.05) is 6.92 Å². The van der Waals surface area contributed by atoms with Crippen molar-refractivity contribution in [3.05, 3.63) is 52.0 Å². The van der Waals surface area contributed by atoms with Gasteiger partial charge in [-0.2, -0.15) is 0 Å². The summed E-state index contributed by atoms with van der Waals surface area (Å²) in [4.78, 5) is 14.3. The fourth-order valence-electron chi connectivity index (χ4n) is 3.41. The molecule has 1 aromatic heterocycles. The summed E-state index contributed by atoms with van der Waals surface area (Å²) in [7, 11) is 3.78. The SMILES string of the molecule is CCNC(=NCC(c1ccccc1)N(CC)CC)N(C)Cc1csc(C(C)OC)n1. The van der Waals surface area contributed by atoms with Crippen molar-refractivity contribution in [2.45, 2.75) is 46.4 Å². The fourth-order valence-corrected chi connectivity index (χ4v) is 4.26. The zero-order chi connectivity index (χ0) is 21.9. The van der Waals surface area contributed by atoms with Gasteiger partial charge in [0, 0.05) is 26.1 Å². The highest BCUT2D eigenvalue weighted by Crippen LogP contribution is 2.22. The van der Waals surface area contributed by atoms with Gasteiger partial charge in [0.2, 0.25) is 0 Å². The Morgan fingerprint density at radius 1 is 1.20 bits per heavy atom. The van der Waals surface area contributed by atoms with E-state index in [0.29, 0.717) is 13.1 Å². The standard InChI is InChI=1S/C23H37N5OS/c1-7-24-23(27(5)16-20-17-30-22(26-20)18(4)29-6)25-15-21(28(8-2)9-3)19-13-11-10-12-14-19/h10-14,17-18,21H,7-9,15-16H2,1-6H3,(H,24,25). The Balaban J connectivity index is 2.16. The van der Waals surface area contributed by atoms with Crippen molar-refractivity contribution in [1.82, 2.24) is 20.1 Å². The first-order valence-corrected chi connectivity index (χ1v) is 11.7. The normalized spacial score (nSPS) is 14.0. The molecular formula is C23H37N5OS. The van der Waals surface area contributed by atoms with E-state index in [9.17, 15) is 0 Å². The molecule has 0 aliphatic heterocycles. The molecule has 0 fully saturated rings. The molecule has 2 rings (SSSR count). The average Bonchev–Trinajstić information content (AvgIpc) is 3.24. The third-order valence-corrected chi connectivity index (χ3v) is 6.27. The summed E-state index contributed by atoms with van der Waals surface area (Å²) in [5.41, 5.74) is 2.34. The molecule has 0 amide bonds. The molecule has 2 aromatic rings. The molecule has 0 spiro atoms. The number of rotatable bonds is 11. The predicted molar refractivity (Wildman–Crippen MR) is 127 cm³/mol. The van der Waals surface area contributed by atoms with Crippen molar-refractivity contribution in [3.63, 3.8) is 0 Å². The predicted octanol–water partition coefficient (Wildman–Crippen LogP) is 4.33. The number of nitrogens with one attached hydrogen (secondary N) is 1. The lowest BCUT2D eigenvalue weighted by molar-refractivity contribution is 0.119. The Labute approximate surface area is 186 Å². The number of aliphatic imine (C=N–C) groups is 1. The quantitative estimate of drug-likeness (QED) is 0.424. The Morgan fingerprint density at radius 2 is 1.90 bits per heavy atom. The number of nitrogens with zero attached hydrogens (tertiary/aromatic N) is 4. The van der Waals surface area contributed by atoms with Gasteiger partial charge >= 0.3 is 0 Å². The number of benzene rings is 1. The van der Waals surface area contributed by atoms with Gasteiger partial charge in [0.05, 0.1) is 24.8 Å². The summed E-state index contributed by atoms with van der Waals surface area (Å²) >= 11 is 1.64. The van der Waals surface area contributed by atoms with Crippen LogP contribution in [-0.2, 0) is 11.3 Å². The summed E-state index contributed by atoms with van der Waals surface area (Å²) in [6.07, 6.45) is 0.0247. The largest absolute Gasteiger partial charge is 0.375 e. The average molecular weight is 432 g/mol. The minimum Gasteiger partial charge on any atom is -0.375 e. The van der Waals surface area contributed by atoms with E-state index < -0.39 is 0 Å². The highest BCUT2D eigenvalue weighted by atomic mass is 32.1. The Kier molecular flexibility index (Phi) is 10.3. The van der Waals surface area contributed by atoms with Crippen LogP contribution in [0.25, 0.3) is 0 Å². The Morgan fingerprint density at radius 3 is 2.50 bits per heavy atom.